The largest absolute Gasteiger partial charge is 0.286 e. The Hall–Kier alpha value is -4.00. The molecule has 6 aromatic carbocycles. The molecule has 328 valence electrons. The van der Waals surface area contributed by atoms with Crippen LogP contribution in [0.2, 0.25) is 0 Å². The van der Waals surface area contributed by atoms with E-state index in [-0.39, 0.29) is 19.4 Å². The van der Waals surface area contributed by atoms with Crippen LogP contribution < -0.4 is 31.8 Å². The van der Waals surface area contributed by atoms with Crippen LogP contribution in [-0.4, -0.2) is 46.7 Å². The molecule has 0 heterocycles. The molecule has 0 saturated carbocycles. The molecule has 0 radical (unpaired) electrons. The summed E-state index contributed by atoms with van der Waals surface area (Å²) in [6.45, 7) is 13.5. The lowest BCUT2D eigenvalue weighted by molar-refractivity contribution is 0.249. The molecule has 0 aliphatic rings. The summed E-state index contributed by atoms with van der Waals surface area (Å²) in [5, 5.41) is 8.64. The Labute approximate surface area is 370 Å². The Balaban J connectivity index is 0.000000314. The first-order valence-corrected chi connectivity index (χ1v) is 26.9. The van der Waals surface area contributed by atoms with E-state index in [1.165, 1.54) is 44.4 Å². The van der Waals surface area contributed by atoms with Crippen molar-refractivity contribution < 1.29 is 25.6 Å². The van der Waals surface area contributed by atoms with Crippen LogP contribution in [0.15, 0.2) is 182 Å². The average molecular weight is 902 g/mol. The van der Waals surface area contributed by atoms with Gasteiger partial charge in [0.1, 0.15) is 23.2 Å². The van der Waals surface area contributed by atoms with Gasteiger partial charge in [-0.05, 0) is 83.9 Å². The van der Waals surface area contributed by atoms with Gasteiger partial charge in [-0.25, -0.2) is 0 Å². The van der Waals surface area contributed by atoms with E-state index >= 15 is 0 Å². The van der Waals surface area contributed by atoms with Crippen LogP contribution in [0.4, 0.5) is 0 Å². The summed E-state index contributed by atoms with van der Waals surface area (Å²) in [4.78, 5) is 0. The van der Waals surface area contributed by atoms with Gasteiger partial charge in [0.2, 0.25) is 0 Å². The van der Waals surface area contributed by atoms with Gasteiger partial charge in [0, 0.05) is 0 Å². The molecule has 0 aliphatic carbocycles. The molecular formula is C51H67O6P2S2+. The SMILES string of the molecule is C.CC(C)(C)CCOS(C)(=O)=O.CC(C)(C)CC[P+](c1ccccc1)(c1ccccc1)c1ccccc1.CS(=O)(=O)O.c1ccc(P(c2ccccc2)c2ccccc2)cc1. The lowest BCUT2D eigenvalue weighted by Gasteiger charge is -2.30. The Bertz CT molecular complexity index is 2100. The second-order valence-corrected chi connectivity index (χ2v) is 25.7. The highest BCUT2D eigenvalue weighted by molar-refractivity contribution is 7.95. The van der Waals surface area contributed by atoms with Crippen molar-refractivity contribution >= 4 is 67.2 Å². The predicted octanol–water partition coefficient (Wildman–Crippen LogP) is 10.4. The van der Waals surface area contributed by atoms with Crippen LogP contribution >= 0.6 is 15.2 Å². The maximum absolute atomic E-state index is 10.5. The first-order chi connectivity index (χ1) is 28.2. The molecule has 0 spiro atoms. The summed E-state index contributed by atoms with van der Waals surface area (Å²) in [5.74, 6) is 0. The molecule has 0 fully saturated rings. The monoisotopic (exact) mass is 901 g/mol. The van der Waals surface area contributed by atoms with E-state index in [4.69, 9.17) is 4.55 Å². The fraction of sp³-hybridized carbons (Fsp3) is 0.294. The molecule has 0 bridgehead atoms. The topological polar surface area (TPSA) is 97.7 Å². The summed E-state index contributed by atoms with van der Waals surface area (Å²) < 4.78 is 51.4. The summed E-state index contributed by atoms with van der Waals surface area (Å²) in [5.41, 5.74) is 0.453. The van der Waals surface area contributed by atoms with E-state index in [9.17, 15) is 16.8 Å². The summed E-state index contributed by atoms with van der Waals surface area (Å²) in [7, 11) is -9.01. The molecule has 6 aromatic rings. The number of hydrogen-bond donors (Lipinski definition) is 1. The molecule has 6 rings (SSSR count). The minimum atomic E-state index is -3.67. The Morgan fingerprint density at radius 2 is 0.721 bits per heavy atom. The van der Waals surface area contributed by atoms with Crippen LogP contribution in [0.5, 0.6) is 0 Å². The highest BCUT2D eigenvalue weighted by Gasteiger charge is 2.45. The maximum atomic E-state index is 10.5. The number of hydrogen-bond acceptors (Lipinski definition) is 5. The molecule has 0 atom stereocenters. The molecule has 61 heavy (non-hydrogen) atoms. The van der Waals surface area contributed by atoms with Crippen molar-refractivity contribution in [3.8, 4) is 0 Å². The minimum Gasteiger partial charge on any atom is -0.286 e. The van der Waals surface area contributed by atoms with Gasteiger partial charge in [-0.1, -0.05) is 195 Å². The quantitative estimate of drug-likeness (QED) is 0.0790. The third-order valence-electron chi connectivity index (χ3n) is 8.98. The lowest BCUT2D eigenvalue weighted by Crippen LogP contribution is -2.34. The number of rotatable bonds is 11. The van der Waals surface area contributed by atoms with Crippen LogP contribution in [0.1, 0.15) is 61.8 Å². The van der Waals surface area contributed by atoms with E-state index in [1.54, 1.807) is 0 Å². The molecule has 6 nitrogen and oxygen atoms in total. The average Bonchev–Trinajstić information content (AvgIpc) is 3.19. The molecule has 0 aromatic heterocycles. The highest BCUT2D eigenvalue weighted by atomic mass is 32.2. The molecule has 1 N–H and O–H groups in total. The molecule has 0 aliphatic heterocycles. The molecule has 0 saturated heterocycles. The summed E-state index contributed by atoms with van der Waals surface area (Å²) >= 11 is 0. The van der Waals surface area contributed by atoms with Crippen molar-refractivity contribution in [3.05, 3.63) is 182 Å². The smallest absolute Gasteiger partial charge is 0.264 e. The van der Waals surface area contributed by atoms with E-state index < -0.39 is 35.4 Å². The second-order valence-electron chi connectivity index (χ2n) is 16.8. The zero-order chi connectivity index (χ0) is 44.3. The Morgan fingerprint density at radius 3 is 0.951 bits per heavy atom. The molecule has 0 unspecified atom stereocenters. The van der Waals surface area contributed by atoms with E-state index in [2.05, 4.69) is 207 Å². The Morgan fingerprint density at radius 1 is 0.475 bits per heavy atom. The first kappa shape index (κ1) is 53.1. The third-order valence-corrected chi connectivity index (χ3v) is 16.5. The van der Waals surface area contributed by atoms with Gasteiger partial charge in [-0.15, -0.1) is 0 Å². The van der Waals surface area contributed by atoms with Gasteiger partial charge >= 0.3 is 0 Å². The van der Waals surface area contributed by atoms with Gasteiger partial charge in [0.15, 0.2) is 0 Å². The standard InChI is InChI=1S/C24H28P.C18H15P.C7H16O3S.CH4O3S.CH4/c1-24(2,3)19-20-25(21-13-7-4-8-14-21,22-15-9-5-10-16-22)23-17-11-6-12-18-23;1-4-10-16(11-5-1)19(17-12-6-2-7-13-17)18-14-8-3-9-15-18;1-7(2,3)5-6-10-11(4,8)9;1-5(2,3)4;/h4-18H,19-20H2,1-3H3;1-15H;5-6H2,1-4H3;1H3,(H,2,3,4);1H4/q+1;;;;. The predicted molar refractivity (Wildman–Crippen MR) is 268 cm³/mol. The normalized spacial score (nSPS) is 11.6. The zero-order valence-corrected chi connectivity index (χ0v) is 39.8. The van der Waals surface area contributed by atoms with Crippen molar-refractivity contribution in [2.24, 2.45) is 10.8 Å². The van der Waals surface area contributed by atoms with Crippen molar-refractivity contribution in [2.75, 3.05) is 25.3 Å². The van der Waals surface area contributed by atoms with Gasteiger partial charge in [0.05, 0.1) is 25.3 Å². The van der Waals surface area contributed by atoms with Crippen LogP contribution in [0.25, 0.3) is 0 Å². The molecule has 10 heteroatoms. The summed E-state index contributed by atoms with van der Waals surface area (Å²) in [6, 6.07) is 65.8. The minimum absolute atomic E-state index is 0. The lowest BCUT2D eigenvalue weighted by atomic mass is 9.93. The van der Waals surface area contributed by atoms with Crippen molar-refractivity contribution in [2.45, 2.75) is 61.8 Å². The van der Waals surface area contributed by atoms with E-state index in [1.807, 2.05) is 20.8 Å². The van der Waals surface area contributed by atoms with Gasteiger partial charge in [-0.3, -0.25) is 8.74 Å². The maximum Gasteiger partial charge on any atom is 0.264 e. The second kappa shape index (κ2) is 25.2. The fourth-order valence-corrected chi connectivity index (χ4v) is 13.5. The van der Waals surface area contributed by atoms with Crippen LogP contribution in [0.3, 0.4) is 0 Å². The zero-order valence-electron chi connectivity index (χ0n) is 36.3. The Kier molecular flexibility index (Phi) is 21.9. The van der Waals surface area contributed by atoms with Gasteiger partial charge < -0.3 is 0 Å². The molecule has 0 amide bonds. The van der Waals surface area contributed by atoms with Crippen LogP contribution in [0, 0.1) is 10.8 Å². The van der Waals surface area contributed by atoms with Crippen molar-refractivity contribution in [1.82, 2.24) is 0 Å². The van der Waals surface area contributed by atoms with Gasteiger partial charge in [0.25, 0.3) is 20.2 Å². The van der Waals surface area contributed by atoms with Crippen molar-refractivity contribution in [1.29, 1.82) is 0 Å². The van der Waals surface area contributed by atoms with Gasteiger partial charge in [-0.2, -0.15) is 16.8 Å². The molecular weight excluding hydrogens is 835 g/mol. The highest BCUT2D eigenvalue weighted by Crippen LogP contribution is 2.56. The number of benzene rings is 6. The third kappa shape index (κ3) is 20.6. The van der Waals surface area contributed by atoms with E-state index in [0.717, 1.165) is 12.7 Å². The van der Waals surface area contributed by atoms with Crippen LogP contribution in [-0.2, 0) is 24.4 Å². The fourth-order valence-electron chi connectivity index (χ4n) is 6.06. The van der Waals surface area contributed by atoms with E-state index in [0.29, 0.717) is 11.7 Å². The first-order valence-electron chi connectivity index (χ1n) is 20.0. The van der Waals surface area contributed by atoms with Crippen molar-refractivity contribution in [3.63, 3.8) is 0 Å². The summed E-state index contributed by atoms with van der Waals surface area (Å²) in [6.07, 6.45) is 4.94.